The molecule has 0 heterocycles. The maximum Gasteiger partial charge on any atom is 0.302 e. The number of hydrogen-bond donors (Lipinski definition) is 0. The monoisotopic (exact) mass is 252 g/mol. The number of unbranched alkanes of at least 4 members (excludes halogenated alkanes) is 2. The van der Waals surface area contributed by atoms with Gasteiger partial charge in [0, 0.05) is 20.3 Å². The van der Waals surface area contributed by atoms with Crippen LogP contribution in [0, 0.1) is 11.8 Å². The zero-order valence-electron chi connectivity index (χ0n) is 11.0. The quantitative estimate of drug-likeness (QED) is 0.396. The van der Waals surface area contributed by atoms with E-state index in [9.17, 15) is 9.59 Å². The lowest BCUT2D eigenvalue weighted by Crippen LogP contribution is -1.99. The Labute approximate surface area is 108 Å². The predicted molar refractivity (Wildman–Crippen MR) is 68.7 cm³/mol. The summed E-state index contributed by atoms with van der Waals surface area (Å²) >= 11 is 0. The fourth-order valence-electron chi connectivity index (χ4n) is 1.07. The van der Waals surface area contributed by atoms with Crippen molar-refractivity contribution in [3.8, 4) is 11.8 Å². The summed E-state index contributed by atoms with van der Waals surface area (Å²) in [5.74, 6) is 5.35. The van der Waals surface area contributed by atoms with Crippen molar-refractivity contribution in [1.29, 1.82) is 0 Å². The molecule has 0 aliphatic heterocycles. The Morgan fingerprint density at radius 2 is 1.67 bits per heavy atom. The third-order valence-electron chi connectivity index (χ3n) is 1.88. The van der Waals surface area contributed by atoms with Crippen molar-refractivity contribution >= 4 is 11.9 Å². The highest BCUT2D eigenvalue weighted by molar-refractivity contribution is 5.66. The summed E-state index contributed by atoms with van der Waals surface area (Å²) in [6.07, 6.45) is 6.86. The first kappa shape index (κ1) is 16.2. The molecule has 0 fully saturated rings. The second-order valence-corrected chi connectivity index (χ2v) is 3.65. The van der Waals surface area contributed by atoms with Crippen LogP contribution in [-0.2, 0) is 19.1 Å². The van der Waals surface area contributed by atoms with Crippen LogP contribution >= 0.6 is 0 Å². The van der Waals surface area contributed by atoms with Gasteiger partial charge in [0.15, 0.2) is 0 Å². The van der Waals surface area contributed by atoms with E-state index in [-0.39, 0.29) is 11.9 Å². The van der Waals surface area contributed by atoms with Crippen LogP contribution in [0.2, 0.25) is 0 Å². The van der Waals surface area contributed by atoms with Gasteiger partial charge in [0.1, 0.15) is 0 Å². The Morgan fingerprint density at radius 3 is 2.28 bits per heavy atom. The number of hydrogen-bond acceptors (Lipinski definition) is 4. The van der Waals surface area contributed by atoms with Gasteiger partial charge in [-0.3, -0.25) is 9.59 Å². The first-order valence-corrected chi connectivity index (χ1v) is 6.03. The average molecular weight is 252 g/mol. The second-order valence-electron chi connectivity index (χ2n) is 3.65. The van der Waals surface area contributed by atoms with Gasteiger partial charge in [0.2, 0.25) is 0 Å². The van der Waals surface area contributed by atoms with Crippen LogP contribution in [0.25, 0.3) is 0 Å². The largest absolute Gasteiger partial charge is 0.466 e. The molecule has 0 aliphatic carbocycles. The number of allylic oxidation sites excluding steroid dienone is 2. The minimum atomic E-state index is -0.254. The minimum Gasteiger partial charge on any atom is -0.466 e. The van der Waals surface area contributed by atoms with E-state index in [1.807, 2.05) is 6.08 Å². The van der Waals surface area contributed by atoms with E-state index in [0.29, 0.717) is 19.6 Å². The molecule has 0 aromatic heterocycles. The maximum atomic E-state index is 10.5. The normalized spacial score (nSPS) is 9.67. The molecule has 0 bridgehead atoms. The molecule has 0 saturated heterocycles. The summed E-state index contributed by atoms with van der Waals surface area (Å²) in [6, 6.07) is 0. The van der Waals surface area contributed by atoms with Gasteiger partial charge in [-0.25, -0.2) is 0 Å². The van der Waals surface area contributed by atoms with Gasteiger partial charge in [-0.05, 0) is 25.3 Å². The van der Waals surface area contributed by atoms with E-state index in [0.717, 1.165) is 19.3 Å². The predicted octanol–water partition coefficient (Wildman–Crippen LogP) is 2.23. The summed E-state index contributed by atoms with van der Waals surface area (Å²) in [5.41, 5.74) is 0. The van der Waals surface area contributed by atoms with Crippen molar-refractivity contribution in [3.63, 3.8) is 0 Å². The van der Waals surface area contributed by atoms with Crippen molar-refractivity contribution in [2.45, 2.75) is 39.5 Å². The van der Waals surface area contributed by atoms with Crippen molar-refractivity contribution in [1.82, 2.24) is 0 Å². The van der Waals surface area contributed by atoms with Gasteiger partial charge >= 0.3 is 11.9 Å². The maximum absolute atomic E-state index is 10.5. The van der Waals surface area contributed by atoms with Crippen LogP contribution in [0.4, 0.5) is 0 Å². The number of ether oxygens (including phenoxy) is 2. The van der Waals surface area contributed by atoms with Crippen molar-refractivity contribution in [3.05, 3.63) is 12.2 Å². The van der Waals surface area contributed by atoms with Crippen LogP contribution in [0.15, 0.2) is 12.2 Å². The number of esters is 2. The van der Waals surface area contributed by atoms with E-state index in [4.69, 9.17) is 9.47 Å². The fraction of sp³-hybridized carbons (Fsp3) is 0.571. The van der Waals surface area contributed by atoms with Gasteiger partial charge in [-0.15, -0.1) is 0 Å². The molecule has 0 unspecified atom stereocenters. The van der Waals surface area contributed by atoms with E-state index < -0.39 is 0 Å². The second kappa shape index (κ2) is 11.7. The third-order valence-corrected chi connectivity index (χ3v) is 1.88. The lowest BCUT2D eigenvalue weighted by Gasteiger charge is -1.97. The number of rotatable bonds is 7. The zero-order valence-corrected chi connectivity index (χ0v) is 11.0. The molecule has 4 nitrogen and oxygen atoms in total. The number of carbonyl (C=O) groups excluding carboxylic acids is 2. The first-order valence-electron chi connectivity index (χ1n) is 6.03. The van der Waals surface area contributed by atoms with Crippen LogP contribution in [0.1, 0.15) is 39.5 Å². The molecule has 0 spiro atoms. The van der Waals surface area contributed by atoms with Crippen LogP contribution in [0.3, 0.4) is 0 Å². The Bertz CT molecular complexity index is 333. The lowest BCUT2D eigenvalue weighted by molar-refractivity contribution is -0.141. The van der Waals surface area contributed by atoms with Crippen LogP contribution in [-0.4, -0.2) is 25.2 Å². The number of carbonyl (C=O) groups is 2. The smallest absolute Gasteiger partial charge is 0.302 e. The highest BCUT2D eigenvalue weighted by Crippen LogP contribution is 1.92. The van der Waals surface area contributed by atoms with Crippen molar-refractivity contribution < 1.29 is 19.1 Å². The van der Waals surface area contributed by atoms with E-state index in [1.54, 1.807) is 6.08 Å². The molecule has 0 N–H and O–H groups in total. The Morgan fingerprint density at radius 1 is 1.06 bits per heavy atom. The molecule has 0 aromatic rings. The third kappa shape index (κ3) is 14.2. The van der Waals surface area contributed by atoms with Gasteiger partial charge in [0.05, 0.1) is 13.2 Å². The molecule has 0 aromatic carbocycles. The minimum absolute atomic E-state index is 0.244. The summed E-state index contributed by atoms with van der Waals surface area (Å²) in [4.78, 5) is 20.9. The molecule has 0 saturated carbocycles. The van der Waals surface area contributed by atoms with E-state index in [2.05, 4.69) is 11.8 Å². The van der Waals surface area contributed by atoms with Gasteiger partial charge in [-0.1, -0.05) is 17.9 Å². The topological polar surface area (TPSA) is 52.6 Å². The lowest BCUT2D eigenvalue weighted by atomic mass is 10.3. The molecule has 100 valence electrons. The van der Waals surface area contributed by atoms with E-state index in [1.165, 1.54) is 13.8 Å². The standard InChI is InChI=1S/C14H20O4/c1-13(15)17-11-9-7-5-3-4-6-8-10-12-18-14(2)16/h3,5H,7-12H2,1-2H3/b5-3-. The van der Waals surface area contributed by atoms with Crippen molar-refractivity contribution in [2.75, 3.05) is 13.2 Å². The molecule has 0 atom stereocenters. The molecule has 0 amide bonds. The van der Waals surface area contributed by atoms with Crippen molar-refractivity contribution in [2.24, 2.45) is 0 Å². The van der Waals surface area contributed by atoms with Crippen LogP contribution < -0.4 is 0 Å². The zero-order chi connectivity index (χ0) is 13.6. The molecular formula is C14H20O4. The summed E-state index contributed by atoms with van der Waals surface area (Å²) in [5, 5.41) is 0. The van der Waals surface area contributed by atoms with E-state index >= 15 is 0 Å². The molecule has 0 rings (SSSR count). The SMILES string of the molecule is CC(=O)OCCCC#C/C=C\CCCOC(C)=O. The molecule has 18 heavy (non-hydrogen) atoms. The molecule has 0 radical (unpaired) electrons. The highest BCUT2D eigenvalue weighted by atomic mass is 16.5. The Kier molecular flexibility index (Phi) is 10.6. The summed E-state index contributed by atoms with van der Waals surface area (Å²) < 4.78 is 9.55. The molecular weight excluding hydrogens is 232 g/mol. The van der Waals surface area contributed by atoms with Gasteiger partial charge in [-0.2, -0.15) is 0 Å². The average Bonchev–Trinajstić information content (AvgIpc) is 2.29. The fourth-order valence-corrected chi connectivity index (χ4v) is 1.07. The van der Waals surface area contributed by atoms with Gasteiger partial charge < -0.3 is 9.47 Å². The molecule has 4 heteroatoms. The van der Waals surface area contributed by atoms with Gasteiger partial charge in [0.25, 0.3) is 0 Å². The Hall–Kier alpha value is -1.76. The molecule has 0 aliphatic rings. The first-order chi connectivity index (χ1) is 8.63. The summed E-state index contributed by atoms with van der Waals surface area (Å²) in [7, 11) is 0. The summed E-state index contributed by atoms with van der Waals surface area (Å²) in [6.45, 7) is 3.67. The highest BCUT2D eigenvalue weighted by Gasteiger charge is 1.90. The van der Waals surface area contributed by atoms with Crippen LogP contribution in [0.5, 0.6) is 0 Å². The Balaban J connectivity index is 3.35.